The first-order chi connectivity index (χ1) is 66.3. The minimum Gasteiger partial charge on any atom is -0.508 e. The van der Waals surface area contributed by atoms with Crippen molar-refractivity contribution in [3.05, 3.63) is 255 Å². The van der Waals surface area contributed by atoms with Gasteiger partial charge in [0.25, 0.3) is 17.7 Å². The maximum absolute atomic E-state index is 15.3. The van der Waals surface area contributed by atoms with Gasteiger partial charge in [-0.05, 0) is 190 Å². The van der Waals surface area contributed by atoms with Crippen LogP contribution in [0.2, 0.25) is 0 Å². The Morgan fingerprint density at radius 1 is 0.536 bits per heavy atom. The van der Waals surface area contributed by atoms with Crippen molar-refractivity contribution in [1.29, 1.82) is 0 Å². The van der Waals surface area contributed by atoms with Crippen molar-refractivity contribution in [3.8, 4) is 39.7 Å². The number of rotatable bonds is 24. The molecule has 40 nitrogen and oxygen atoms in total. The molecule has 4 bridgehead atoms. The van der Waals surface area contributed by atoms with Gasteiger partial charge < -0.3 is 121 Å². The second kappa shape index (κ2) is 47.9. The zero-order chi connectivity index (χ0) is 98.6. The number of hydrogen-bond donors (Lipinski definition) is 22. The van der Waals surface area contributed by atoms with Crippen LogP contribution in [0.3, 0.4) is 0 Å². The highest BCUT2D eigenvalue weighted by Gasteiger charge is 2.38. The minimum absolute atomic E-state index is 0.00478. The molecule has 41 heteroatoms. The third-order valence-corrected chi connectivity index (χ3v) is 23.2. The Labute approximate surface area is 794 Å². The Bertz CT molecular complexity index is 6190. The Hall–Kier alpha value is -16.5. The number of carbonyl (C=O) groups is 15. The standard InChI is InChI=1S/C97H105N19O21S/c1-52-84(123)110-72-20-10-12-36-101-85(124)57-41-58(43-59(42-57)87(126)116-82(56-16-6-3-7-17-56)95(134)114-74(91(130)106-52)39-54-21-26-62(117)27-22-54)86(125)103-49-77(94(133)109-70(83(99)122)18-9-13-37-102-97(138)107-60-25-32-66(69(44-60)96(135)136)81-67-33-30-64(119)46-78(67)137-79-47-65(120)31-34-68(79)81)115-93(132)76(45-61-48-100-51-105-61)113-89(128)71(19-8-11-35-98)108-80(121)50-104-88(127)73(38-53-14-4-2-5-15-53)111-92(131)75(112-90(72)129)40-55-23-28-63(118)29-24-55/h2-7,14-17,21-34,41-44,46-48,51-52,70-77,82,117-119H,8-13,18-20,35-40,45,49-50,98H2,1H3,(H2,99,122)(H,100,105)(H,101,124)(H,103,125)(H,104,127)(H,106,130)(H,108,121)(H,109,133)(H,110,123)(H,111,131)(H,112,129)(H,113,128)(H,114,134)(H,115,132)(H,116,126)(H,135,136)(H2,102,107,138)/t52-,70+,71-,72+,73-,74+,75+,76+,77+,82+/m1/s1. The predicted octanol–water partition coefficient (Wildman–Crippen LogP) is 2.47. The highest BCUT2D eigenvalue weighted by atomic mass is 32.1. The monoisotopic (exact) mass is 1900 g/mol. The number of fused-ring (bicyclic) bond motifs is 10. The number of H-pyrrole nitrogens is 1. The summed E-state index contributed by atoms with van der Waals surface area (Å²) in [6.45, 7) is -0.395. The molecule has 24 N–H and O–H groups in total. The van der Waals surface area contributed by atoms with E-state index in [1.54, 1.807) is 66.7 Å². The molecule has 1 aromatic heterocycles. The van der Waals surface area contributed by atoms with E-state index in [-0.39, 0.29) is 163 Å². The maximum atomic E-state index is 15.3. The number of nitrogens with one attached hydrogen (secondary N) is 16. The second-order valence-electron chi connectivity index (χ2n) is 33.2. The number of carboxylic acid groups (broad SMARTS) is 1. The number of hydrogen-bond acceptors (Lipinski definition) is 23. The molecule has 0 saturated carbocycles. The van der Waals surface area contributed by atoms with Gasteiger partial charge in [0.15, 0.2) is 10.5 Å². The van der Waals surface area contributed by atoms with Crippen LogP contribution in [0.1, 0.15) is 140 Å². The van der Waals surface area contributed by atoms with E-state index in [2.05, 4.69) is 89.7 Å². The van der Waals surface area contributed by atoms with Crippen LogP contribution in [0.15, 0.2) is 204 Å². The summed E-state index contributed by atoms with van der Waals surface area (Å²) in [7, 11) is 0. The number of phenolic OH excluding ortho intramolecular Hbond substituents is 3. The first-order valence-corrected chi connectivity index (χ1v) is 45.0. The Morgan fingerprint density at radius 3 is 1.77 bits per heavy atom. The number of aromatic amines is 1. The topological polar surface area (TPSA) is 628 Å². The van der Waals surface area contributed by atoms with E-state index < -0.39 is 180 Å². The number of anilines is 1. The van der Waals surface area contributed by atoms with E-state index >= 15 is 33.6 Å². The average Bonchev–Trinajstić information content (AvgIpc) is 0.850. The van der Waals surface area contributed by atoms with Gasteiger partial charge in [-0.1, -0.05) is 91.0 Å². The summed E-state index contributed by atoms with van der Waals surface area (Å²) in [4.78, 5) is 241. The minimum atomic E-state index is -1.95. The van der Waals surface area contributed by atoms with E-state index in [0.29, 0.717) is 39.6 Å². The summed E-state index contributed by atoms with van der Waals surface area (Å²) in [5.74, 6) is -15.8. The number of carbonyl (C=O) groups excluding carboxylic acids is 14. The molecule has 14 amide bonds. The fraction of sp³-hybridized carbons (Fsp3) is 0.299. The fourth-order valence-electron chi connectivity index (χ4n) is 15.7. The molecule has 0 spiro atoms. The van der Waals surface area contributed by atoms with Crippen LogP contribution in [0.25, 0.3) is 33.4 Å². The molecule has 0 unspecified atom stereocenters. The summed E-state index contributed by atoms with van der Waals surface area (Å²) < 4.78 is 5.97. The van der Waals surface area contributed by atoms with E-state index in [1.165, 1.54) is 117 Å². The summed E-state index contributed by atoms with van der Waals surface area (Å²) in [5.41, 5.74) is 13.2. The van der Waals surface area contributed by atoms with Gasteiger partial charge in [-0.2, -0.15) is 0 Å². The lowest BCUT2D eigenvalue weighted by Gasteiger charge is -2.27. The van der Waals surface area contributed by atoms with Crippen LogP contribution in [-0.4, -0.2) is 211 Å². The quantitative estimate of drug-likeness (QED) is 0.0235. The molecule has 3 aliphatic heterocycles. The van der Waals surface area contributed by atoms with Gasteiger partial charge in [-0.15, -0.1) is 0 Å². The van der Waals surface area contributed by atoms with E-state index in [9.17, 15) is 63.6 Å². The number of unbranched alkanes of at least 4 members (excludes halogenated alkanes) is 2. The lowest BCUT2D eigenvalue weighted by molar-refractivity contribution is -0.135. The van der Waals surface area contributed by atoms with E-state index in [1.807, 2.05) is 0 Å². The van der Waals surface area contributed by atoms with Crippen LogP contribution < -0.4 is 96.6 Å². The van der Waals surface area contributed by atoms with Crippen molar-refractivity contribution >= 4 is 123 Å². The van der Waals surface area contributed by atoms with Gasteiger partial charge in [-0.25, -0.2) is 9.78 Å². The fourth-order valence-corrected chi connectivity index (χ4v) is 15.9. The van der Waals surface area contributed by atoms with Gasteiger partial charge in [0.2, 0.25) is 65.0 Å². The third-order valence-electron chi connectivity index (χ3n) is 23.0. The van der Waals surface area contributed by atoms with Gasteiger partial charge in [0.1, 0.15) is 89.0 Å². The van der Waals surface area contributed by atoms with Gasteiger partial charge >= 0.3 is 5.97 Å². The van der Waals surface area contributed by atoms with Crippen molar-refractivity contribution in [1.82, 2.24) is 84.4 Å². The third kappa shape index (κ3) is 28.1. The number of nitrogens with zero attached hydrogens (tertiary/aromatic N) is 1. The number of nitrogens with two attached hydrogens (primary N) is 2. The summed E-state index contributed by atoms with van der Waals surface area (Å²) in [6.07, 6.45) is 1.77. The molecule has 10 atom stereocenters. The molecule has 4 aliphatic rings. The van der Waals surface area contributed by atoms with Crippen LogP contribution in [0.5, 0.6) is 17.2 Å². The molecule has 7 aromatic carbocycles. The number of imidazole rings is 1. The number of aromatic carboxylic acids is 1. The normalized spacial score (nSPS) is 19.7. The SMILES string of the molecule is C[C@H]1NC(=O)[C@H](Cc2ccc(O)cc2)NC(=O)[C@H](c2ccccc2)NC(=O)c2cc3cc(c2)C(=O)NC[C@@H](C(=O)N[C@@H](CCCCNC(=S)Nc2ccc(-c4c5ccc(=O)cc-5oc5cc(O)ccc45)c(C(=O)O)c2)C(N)=O)NC(=O)[C@H](Cc2c[nH]cn2)NC(=O)[C@@H](CCCCN)NC(=O)CNC(=O)[C@@H](Cc2ccccc2)NC(=O)[C@H](Cc2ccc(O)cc2)NC(=O)[C@H](CCCCNC3=O)NC1=O. The lowest BCUT2D eigenvalue weighted by atomic mass is 9.90. The highest BCUT2D eigenvalue weighted by molar-refractivity contribution is 7.80. The smallest absolute Gasteiger partial charge is 0.336 e. The lowest BCUT2D eigenvalue weighted by Crippen LogP contribution is -2.61. The number of aromatic nitrogens is 2. The largest absolute Gasteiger partial charge is 0.508 e. The number of aromatic hydroxyl groups is 3. The predicted molar refractivity (Wildman–Crippen MR) is 507 cm³/mol. The zero-order valence-electron chi connectivity index (χ0n) is 74.7. The maximum Gasteiger partial charge on any atom is 0.336 e. The van der Waals surface area contributed by atoms with Crippen molar-refractivity contribution in [2.75, 3.05) is 38.0 Å². The van der Waals surface area contributed by atoms with E-state index in [0.717, 1.165) is 18.2 Å². The zero-order valence-corrected chi connectivity index (χ0v) is 75.5. The summed E-state index contributed by atoms with van der Waals surface area (Å²) >= 11 is 5.62. The van der Waals surface area contributed by atoms with Gasteiger partial charge in [0, 0.05) is 103 Å². The van der Waals surface area contributed by atoms with Crippen LogP contribution in [0.4, 0.5) is 5.69 Å². The number of carboxylic acids is 1. The number of primary amides is 1. The first-order valence-electron chi connectivity index (χ1n) is 44.6. The summed E-state index contributed by atoms with van der Waals surface area (Å²) in [6, 6.07) is 27.1. The van der Waals surface area contributed by atoms with Crippen LogP contribution >= 0.6 is 12.2 Å². The number of benzene rings is 8. The molecular weight excluding hydrogens is 1800 g/mol. The molecular formula is C97H105N19O21S. The molecule has 4 heterocycles. The molecule has 720 valence electrons. The van der Waals surface area contributed by atoms with Gasteiger partial charge in [-0.3, -0.25) is 71.9 Å². The molecule has 138 heavy (non-hydrogen) atoms. The number of phenols is 3. The Morgan fingerprint density at radius 2 is 1.12 bits per heavy atom. The molecule has 12 rings (SSSR count). The van der Waals surface area contributed by atoms with Crippen molar-refractivity contribution < 1.29 is 96.8 Å². The molecule has 0 saturated heterocycles. The van der Waals surface area contributed by atoms with Crippen molar-refractivity contribution in [2.45, 2.75) is 151 Å². The number of amides is 14. The highest BCUT2D eigenvalue weighted by Crippen LogP contribution is 2.43. The molecule has 0 fully saturated rings. The van der Waals surface area contributed by atoms with Gasteiger partial charge in [0.05, 0.1) is 24.1 Å². The van der Waals surface area contributed by atoms with Crippen LogP contribution in [-0.2, 0) is 78.4 Å². The van der Waals surface area contributed by atoms with Crippen molar-refractivity contribution in [2.24, 2.45) is 11.5 Å². The molecule has 8 aromatic rings. The van der Waals surface area contributed by atoms with Crippen LogP contribution in [0, 0.1) is 0 Å². The van der Waals surface area contributed by atoms with E-state index in [4.69, 9.17) is 28.1 Å². The molecule has 1 aliphatic carbocycles. The number of thiocarbonyl (C=S) groups is 1. The van der Waals surface area contributed by atoms with Crippen molar-refractivity contribution in [3.63, 3.8) is 0 Å². The average molecular weight is 1910 g/mol. The Kier molecular flexibility index (Phi) is 34.9. The molecule has 0 radical (unpaired) electrons. The first kappa shape index (κ1) is 101. The summed E-state index contributed by atoms with van der Waals surface area (Å²) in [5, 5.41) is 82.4. The Balaban J connectivity index is 0.871. The second-order valence-corrected chi connectivity index (χ2v) is 33.6.